The lowest BCUT2D eigenvalue weighted by atomic mass is 10.1. The summed E-state index contributed by atoms with van der Waals surface area (Å²) < 4.78 is 83.6. The van der Waals surface area contributed by atoms with E-state index in [-0.39, 0.29) is 17.3 Å². The van der Waals surface area contributed by atoms with Gasteiger partial charge in [-0.15, -0.1) is 46.7 Å². The predicted octanol–water partition coefficient (Wildman–Crippen LogP) is 6.46. The van der Waals surface area contributed by atoms with Crippen LogP contribution in [0.25, 0.3) is 33.5 Å². The maximum atomic E-state index is 12.2. The van der Waals surface area contributed by atoms with Crippen LogP contribution in [0.1, 0.15) is 29.5 Å². The van der Waals surface area contributed by atoms with Crippen LogP contribution in [0.4, 0.5) is 26.3 Å². The van der Waals surface area contributed by atoms with Crippen molar-refractivity contribution in [2.45, 2.75) is 25.8 Å². The first-order valence-corrected chi connectivity index (χ1v) is 12.8. The van der Waals surface area contributed by atoms with Crippen molar-refractivity contribution in [2.75, 3.05) is 0 Å². The first kappa shape index (κ1) is 30.9. The van der Waals surface area contributed by atoms with Crippen LogP contribution in [0.2, 0.25) is 0 Å². The SMILES string of the molecule is CC(O)c1nnc2ccc(-c3ccc(OC(F)(F)F)cc3)cn12.O=Cc1nnc2ccc(-c3ccc(OC(F)(F)F)cc3)cn12. The molecule has 0 aliphatic rings. The smallest absolute Gasteiger partial charge is 0.406 e. The normalized spacial score (nSPS) is 12.4. The maximum Gasteiger partial charge on any atom is 0.573 e. The molecule has 0 aliphatic heterocycles. The van der Waals surface area contributed by atoms with Gasteiger partial charge in [0.1, 0.15) is 17.6 Å². The molecule has 0 radical (unpaired) electrons. The molecule has 6 aromatic rings. The molecular weight excluding hydrogens is 610 g/mol. The zero-order valence-corrected chi connectivity index (χ0v) is 22.9. The zero-order valence-electron chi connectivity index (χ0n) is 22.9. The lowest BCUT2D eigenvalue weighted by Gasteiger charge is -2.10. The Labute approximate surface area is 249 Å². The third kappa shape index (κ3) is 7.53. The summed E-state index contributed by atoms with van der Waals surface area (Å²) in [6.45, 7) is 1.58. The van der Waals surface area contributed by atoms with E-state index < -0.39 is 18.8 Å². The first-order valence-electron chi connectivity index (χ1n) is 12.8. The van der Waals surface area contributed by atoms with Crippen molar-refractivity contribution in [1.29, 1.82) is 0 Å². The van der Waals surface area contributed by atoms with E-state index >= 15 is 0 Å². The number of alkyl halides is 6. The van der Waals surface area contributed by atoms with Crippen LogP contribution in [-0.4, -0.2) is 53.3 Å². The Morgan fingerprint density at radius 2 is 1.07 bits per heavy atom. The van der Waals surface area contributed by atoms with Crippen LogP contribution in [0.3, 0.4) is 0 Å². The molecule has 0 aliphatic carbocycles. The van der Waals surface area contributed by atoms with Gasteiger partial charge in [0.25, 0.3) is 0 Å². The minimum absolute atomic E-state index is 0.147. The molecule has 0 saturated carbocycles. The molecule has 2 aromatic carbocycles. The van der Waals surface area contributed by atoms with Crippen molar-refractivity contribution >= 4 is 17.6 Å². The number of carbonyl (C=O) groups excluding carboxylic acids is 1. The zero-order chi connectivity index (χ0) is 32.4. The average molecular weight is 631 g/mol. The van der Waals surface area contributed by atoms with Crippen LogP contribution in [-0.2, 0) is 0 Å². The summed E-state index contributed by atoms with van der Waals surface area (Å²) in [5.74, 6) is -0.0424. The van der Waals surface area contributed by atoms with E-state index in [1.165, 1.54) is 52.9 Å². The largest absolute Gasteiger partial charge is 0.573 e. The number of carbonyl (C=O) groups is 1. The van der Waals surface area contributed by atoms with Crippen molar-refractivity contribution in [3.8, 4) is 33.8 Å². The maximum absolute atomic E-state index is 12.2. The molecule has 6 rings (SSSR count). The number of aliphatic hydroxyl groups is 1. The average Bonchev–Trinajstić information content (AvgIpc) is 3.60. The molecule has 16 heteroatoms. The summed E-state index contributed by atoms with van der Waals surface area (Å²) in [7, 11) is 0. The molecule has 0 fully saturated rings. The second-order valence-corrected chi connectivity index (χ2v) is 9.35. The topological polar surface area (TPSA) is 116 Å². The number of hydrogen-bond donors (Lipinski definition) is 1. The summed E-state index contributed by atoms with van der Waals surface area (Å²) in [6, 6.07) is 17.9. The summed E-state index contributed by atoms with van der Waals surface area (Å²) in [6.07, 6.45) is -6.29. The van der Waals surface area contributed by atoms with Gasteiger partial charge in [-0.2, -0.15) is 0 Å². The second kappa shape index (κ2) is 12.2. The monoisotopic (exact) mass is 630 g/mol. The van der Waals surface area contributed by atoms with E-state index in [2.05, 4.69) is 29.9 Å². The van der Waals surface area contributed by atoms with E-state index in [1.54, 1.807) is 48.0 Å². The Bertz CT molecular complexity index is 1930. The van der Waals surface area contributed by atoms with Crippen molar-refractivity contribution in [3.05, 3.63) is 96.8 Å². The highest BCUT2D eigenvalue weighted by Crippen LogP contribution is 2.28. The number of nitrogens with zero attached hydrogens (tertiary/aromatic N) is 6. The molecule has 0 saturated heterocycles. The van der Waals surface area contributed by atoms with Gasteiger partial charge in [0.15, 0.2) is 23.4 Å². The molecule has 0 amide bonds. The van der Waals surface area contributed by atoms with Gasteiger partial charge in [-0.3, -0.25) is 13.6 Å². The van der Waals surface area contributed by atoms with Gasteiger partial charge in [0, 0.05) is 12.4 Å². The molecule has 1 atom stereocenters. The number of aromatic nitrogens is 6. The van der Waals surface area contributed by atoms with Crippen molar-refractivity contribution in [3.63, 3.8) is 0 Å². The number of pyridine rings is 2. The van der Waals surface area contributed by atoms with E-state index in [1.807, 2.05) is 0 Å². The van der Waals surface area contributed by atoms with Crippen molar-refractivity contribution in [2.24, 2.45) is 0 Å². The van der Waals surface area contributed by atoms with Gasteiger partial charge in [-0.25, -0.2) is 0 Å². The van der Waals surface area contributed by atoms with Crippen LogP contribution in [0.15, 0.2) is 85.2 Å². The molecule has 0 spiro atoms. The van der Waals surface area contributed by atoms with Crippen molar-refractivity contribution in [1.82, 2.24) is 29.2 Å². The number of fused-ring (bicyclic) bond motifs is 2. The number of benzene rings is 2. The molecule has 1 unspecified atom stereocenters. The highest BCUT2D eigenvalue weighted by atomic mass is 19.4. The Balaban J connectivity index is 0.000000178. The second-order valence-electron chi connectivity index (χ2n) is 9.35. The standard InChI is InChI=1S/C15H12F3N3O2.C14H8F3N3O2/c1-9(22)14-20-19-13-7-4-11(8-21(13)14)10-2-5-12(6-3-10)23-15(16,17)18;15-14(16,17)22-11-4-1-9(2-5-11)10-3-6-12-18-19-13(8-21)20(12)7-10/h2-9,22H,1H3;1-8H. The molecule has 1 N–H and O–H groups in total. The van der Waals surface area contributed by atoms with Crippen LogP contribution in [0.5, 0.6) is 11.5 Å². The highest BCUT2D eigenvalue weighted by Gasteiger charge is 2.31. The fourth-order valence-corrected chi connectivity index (χ4v) is 4.22. The Morgan fingerprint density at radius 3 is 1.51 bits per heavy atom. The lowest BCUT2D eigenvalue weighted by molar-refractivity contribution is -0.275. The molecule has 232 valence electrons. The molecule has 45 heavy (non-hydrogen) atoms. The number of hydrogen-bond acceptors (Lipinski definition) is 8. The summed E-state index contributed by atoms with van der Waals surface area (Å²) in [4.78, 5) is 10.9. The number of ether oxygens (including phenoxy) is 2. The number of halogens is 6. The van der Waals surface area contributed by atoms with E-state index in [4.69, 9.17) is 0 Å². The van der Waals surface area contributed by atoms with E-state index in [0.717, 1.165) is 5.56 Å². The molecule has 10 nitrogen and oxygen atoms in total. The highest BCUT2D eigenvalue weighted by molar-refractivity contribution is 5.73. The minimum Gasteiger partial charge on any atom is -0.406 e. The van der Waals surface area contributed by atoms with Gasteiger partial charge in [0.05, 0.1) is 0 Å². The Morgan fingerprint density at radius 1 is 0.644 bits per heavy atom. The molecule has 4 aromatic heterocycles. The number of aldehydes is 1. The lowest BCUT2D eigenvalue weighted by Crippen LogP contribution is -2.16. The fourth-order valence-electron chi connectivity index (χ4n) is 4.22. The molecule has 4 heterocycles. The van der Waals surface area contributed by atoms with Crippen LogP contribution in [0, 0.1) is 0 Å². The number of rotatable bonds is 6. The third-order valence-corrected chi connectivity index (χ3v) is 6.18. The van der Waals surface area contributed by atoms with E-state index in [9.17, 15) is 36.2 Å². The van der Waals surface area contributed by atoms with Crippen molar-refractivity contribution < 1.29 is 45.7 Å². The Hall–Kier alpha value is -5.51. The van der Waals surface area contributed by atoms with E-state index in [0.29, 0.717) is 40.1 Å². The van der Waals surface area contributed by atoms with Gasteiger partial charge in [0.2, 0.25) is 5.82 Å². The van der Waals surface area contributed by atoms with Crippen LogP contribution >= 0.6 is 0 Å². The van der Waals surface area contributed by atoms with Gasteiger partial charge < -0.3 is 14.6 Å². The minimum atomic E-state index is -4.72. The summed E-state index contributed by atoms with van der Waals surface area (Å²) in [5.41, 5.74) is 3.89. The first-order chi connectivity index (χ1) is 21.3. The van der Waals surface area contributed by atoms with Crippen LogP contribution < -0.4 is 9.47 Å². The number of aliphatic hydroxyl groups excluding tert-OH is 1. The molecule has 0 bridgehead atoms. The van der Waals surface area contributed by atoms with Gasteiger partial charge >= 0.3 is 12.7 Å². The predicted molar refractivity (Wildman–Crippen MR) is 146 cm³/mol. The third-order valence-electron chi connectivity index (χ3n) is 6.18. The summed E-state index contributed by atoms with van der Waals surface area (Å²) >= 11 is 0. The van der Waals surface area contributed by atoms with Gasteiger partial charge in [-0.05, 0) is 77.7 Å². The van der Waals surface area contributed by atoms with Gasteiger partial charge in [-0.1, -0.05) is 24.3 Å². The molecular formula is C29H20F6N6O4. The summed E-state index contributed by atoms with van der Waals surface area (Å²) in [5, 5.41) is 25.0. The fraction of sp³-hybridized carbons (Fsp3) is 0.138. The quantitative estimate of drug-likeness (QED) is 0.165. The Kier molecular flexibility index (Phi) is 8.41.